The molecule has 3 aliphatic rings. The maximum Gasteiger partial charge on any atom is 0.266 e. The smallest absolute Gasteiger partial charge is 0.266 e. The van der Waals surface area contributed by atoms with Crippen molar-refractivity contribution >= 4 is 28.3 Å². The van der Waals surface area contributed by atoms with Gasteiger partial charge in [0.2, 0.25) is 5.88 Å². The summed E-state index contributed by atoms with van der Waals surface area (Å²) in [6, 6.07) is 14.2. The molecule has 3 aromatic rings. The second-order valence-corrected chi connectivity index (χ2v) is 8.47. The number of ketones is 1. The zero-order valence-corrected chi connectivity index (χ0v) is 17.4. The van der Waals surface area contributed by atoms with E-state index in [4.69, 9.17) is 27.1 Å². The molecule has 1 aromatic heterocycles. The Bertz CT molecular complexity index is 1560. The maximum absolute atomic E-state index is 13.6. The monoisotopic (exact) mass is 442 g/mol. The molecule has 0 radical (unpaired) electrons. The molecule has 6 rings (SSSR count). The molecule has 0 amide bonds. The predicted molar refractivity (Wildman–Crippen MR) is 117 cm³/mol. The van der Waals surface area contributed by atoms with Gasteiger partial charge in [0.25, 0.3) is 5.56 Å². The number of Topliss-reactive ketones (excluding diaryl/α,β-unsaturated/α-hetero) is 1. The highest BCUT2D eigenvalue weighted by Gasteiger charge is 2.58. The van der Waals surface area contributed by atoms with E-state index in [1.165, 1.54) is 4.57 Å². The fourth-order valence-corrected chi connectivity index (χ4v) is 5.36. The Labute approximate surface area is 187 Å². The molecule has 0 bridgehead atoms. The Morgan fingerprint density at radius 3 is 2.81 bits per heavy atom. The summed E-state index contributed by atoms with van der Waals surface area (Å²) in [6.45, 7) is 0. The number of para-hydroxylation sites is 1. The van der Waals surface area contributed by atoms with Gasteiger partial charge < -0.3 is 10.5 Å². The molecule has 32 heavy (non-hydrogen) atoms. The third-order valence-corrected chi connectivity index (χ3v) is 6.66. The van der Waals surface area contributed by atoms with Crippen molar-refractivity contribution in [1.29, 1.82) is 5.26 Å². The van der Waals surface area contributed by atoms with Gasteiger partial charge in [-0.1, -0.05) is 23.7 Å². The van der Waals surface area contributed by atoms with Gasteiger partial charge in [0.05, 0.1) is 22.2 Å². The number of halogens is 1. The molecule has 2 N–H and O–H groups in total. The number of allylic oxidation sites excluding steroid dienone is 3. The second-order valence-electron chi connectivity index (χ2n) is 8.03. The minimum absolute atomic E-state index is 0.0310. The van der Waals surface area contributed by atoms with Crippen molar-refractivity contribution in [3.8, 4) is 11.8 Å². The van der Waals surface area contributed by atoms with E-state index in [2.05, 4.69) is 6.07 Å². The highest BCUT2D eigenvalue weighted by atomic mass is 35.5. The third-order valence-electron chi connectivity index (χ3n) is 6.42. The van der Waals surface area contributed by atoms with Crippen LogP contribution in [-0.2, 0) is 14.9 Å². The largest absolute Gasteiger partial charge is 0.444 e. The molecule has 2 aliphatic heterocycles. The predicted octanol–water partition coefficient (Wildman–Crippen LogP) is 3.37. The lowest BCUT2D eigenvalue weighted by Crippen LogP contribution is -2.43. The van der Waals surface area contributed by atoms with Crippen LogP contribution < -0.4 is 11.3 Å². The minimum Gasteiger partial charge on any atom is -0.444 e. The van der Waals surface area contributed by atoms with Crippen molar-refractivity contribution in [2.75, 3.05) is 0 Å². The summed E-state index contributed by atoms with van der Waals surface area (Å²) in [5.41, 5.74) is 6.33. The van der Waals surface area contributed by atoms with E-state index in [-0.39, 0.29) is 28.6 Å². The second kappa shape index (κ2) is 6.31. The minimum atomic E-state index is -1.46. The molecule has 2 aromatic carbocycles. The molecular formula is C24H15ClN4O3. The average molecular weight is 443 g/mol. The first-order valence-electron chi connectivity index (χ1n) is 10.2. The summed E-state index contributed by atoms with van der Waals surface area (Å²) in [5, 5.41) is 11.1. The number of hydrogen-bond acceptors (Lipinski definition) is 6. The lowest BCUT2D eigenvalue weighted by molar-refractivity contribution is -0.117. The first kappa shape index (κ1) is 18.8. The van der Waals surface area contributed by atoms with Crippen LogP contribution in [-0.4, -0.2) is 15.3 Å². The SMILES string of the molecule is N#CC1=C(N)OC2=C(C(=O)CCC2)C12c1cc(Cl)ccc1-n1c2nc2ccccc2c1=O. The van der Waals surface area contributed by atoms with E-state index >= 15 is 0 Å². The van der Waals surface area contributed by atoms with Crippen molar-refractivity contribution in [3.05, 3.63) is 92.0 Å². The number of fused-ring (bicyclic) bond motifs is 7. The summed E-state index contributed by atoms with van der Waals surface area (Å²) in [7, 11) is 0. The number of carbonyl (C=O) groups is 1. The summed E-state index contributed by atoms with van der Waals surface area (Å²) in [6.07, 6.45) is 1.41. The van der Waals surface area contributed by atoms with Crippen LogP contribution in [0.4, 0.5) is 0 Å². The number of ether oxygens (including phenoxy) is 1. The van der Waals surface area contributed by atoms with E-state index in [0.717, 1.165) is 0 Å². The van der Waals surface area contributed by atoms with Gasteiger partial charge in [-0.05, 0) is 36.8 Å². The molecule has 8 heteroatoms. The maximum atomic E-state index is 13.6. The van der Waals surface area contributed by atoms with Crippen LogP contribution in [0.5, 0.6) is 0 Å². The summed E-state index contributed by atoms with van der Waals surface area (Å²) >= 11 is 6.38. The molecule has 7 nitrogen and oxygen atoms in total. The highest BCUT2D eigenvalue weighted by Crippen LogP contribution is 2.56. The first-order chi connectivity index (χ1) is 15.5. The Balaban J connectivity index is 1.89. The summed E-state index contributed by atoms with van der Waals surface area (Å²) in [5.74, 6) is 0.416. The van der Waals surface area contributed by atoms with Crippen LogP contribution in [0.2, 0.25) is 5.02 Å². The normalized spacial score (nSPS) is 21.3. The molecule has 3 heterocycles. The van der Waals surface area contributed by atoms with Crippen molar-refractivity contribution in [1.82, 2.24) is 9.55 Å². The van der Waals surface area contributed by atoms with Gasteiger partial charge >= 0.3 is 0 Å². The summed E-state index contributed by atoms with van der Waals surface area (Å²) < 4.78 is 7.24. The van der Waals surface area contributed by atoms with Crippen LogP contribution in [0.1, 0.15) is 30.7 Å². The zero-order chi connectivity index (χ0) is 22.2. The van der Waals surface area contributed by atoms with Gasteiger partial charge in [0.1, 0.15) is 28.6 Å². The van der Waals surface area contributed by atoms with Crippen molar-refractivity contribution in [2.45, 2.75) is 24.7 Å². The highest BCUT2D eigenvalue weighted by molar-refractivity contribution is 6.30. The number of benzene rings is 2. The molecular weight excluding hydrogens is 428 g/mol. The van der Waals surface area contributed by atoms with E-state index in [1.54, 1.807) is 42.5 Å². The van der Waals surface area contributed by atoms with E-state index in [9.17, 15) is 14.9 Å². The molecule has 1 spiro atoms. The molecule has 1 unspecified atom stereocenters. The van der Waals surface area contributed by atoms with Gasteiger partial charge in [-0.15, -0.1) is 0 Å². The number of rotatable bonds is 0. The third kappa shape index (κ3) is 2.12. The van der Waals surface area contributed by atoms with Crippen LogP contribution in [0.3, 0.4) is 0 Å². The Hall–Kier alpha value is -3.89. The van der Waals surface area contributed by atoms with Crippen molar-refractivity contribution in [2.24, 2.45) is 5.73 Å². The van der Waals surface area contributed by atoms with Crippen LogP contribution in [0.25, 0.3) is 16.6 Å². The lowest BCUT2D eigenvalue weighted by Gasteiger charge is -2.38. The van der Waals surface area contributed by atoms with Gasteiger partial charge in [-0.2, -0.15) is 5.26 Å². The topological polar surface area (TPSA) is 111 Å². The summed E-state index contributed by atoms with van der Waals surface area (Å²) in [4.78, 5) is 31.8. The van der Waals surface area contributed by atoms with E-state index < -0.39 is 5.41 Å². The number of carbonyl (C=O) groups excluding carboxylic acids is 1. The van der Waals surface area contributed by atoms with Gasteiger partial charge in [-0.25, -0.2) is 4.98 Å². The van der Waals surface area contributed by atoms with Crippen LogP contribution >= 0.6 is 11.6 Å². The van der Waals surface area contributed by atoms with Crippen LogP contribution in [0, 0.1) is 11.3 Å². The van der Waals surface area contributed by atoms with Crippen LogP contribution in [0.15, 0.2) is 70.0 Å². The number of nitriles is 1. The fraction of sp³-hybridized carbons (Fsp3) is 0.167. The zero-order valence-electron chi connectivity index (χ0n) is 16.7. The number of hydrogen-bond donors (Lipinski definition) is 1. The molecule has 1 atom stereocenters. The fourth-order valence-electron chi connectivity index (χ4n) is 5.19. The quantitative estimate of drug-likeness (QED) is 0.571. The number of aromatic nitrogens is 2. The number of nitrogens with two attached hydrogens (primary N) is 1. The molecule has 0 fully saturated rings. The molecule has 1 aliphatic carbocycles. The lowest BCUT2D eigenvalue weighted by atomic mass is 9.65. The number of nitrogens with zero attached hydrogens (tertiary/aromatic N) is 3. The molecule has 0 saturated heterocycles. The Morgan fingerprint density at radius 1 is 1.19 bits per heavy atom. The van der Waals surface area contributed by atoms with Gasteiger partial charge in [-0.3, -0.25) is 14.2 Å². The van der Waals surface area contributed by atoms with Gasteiger partial charge in [0.15, 0.2) is 5.78 Å². The first-order valence-corrected chi connectivity index (χ1v) is 10.5. The van der Waals surface area contributed by atoms with Crippen molar-refractivity contribution in [3.63, 3.8) is 0 Å². The van der Waals surface area contributed by atoms with E-state index in [1.807, 2.05) is 0 Å². The Kier molecular flexibility index (Phi) is 3.72. The Morgan fingerprint density at radius 2 is 2.00 bits per heavy atom. The van der Waals surface area contributed by atoms with E-state index in [0.29, 0.717) is 57.8 Å². The standard InChI is InChI=1S/C24H15ClN4O3/c25-12-8-9-17-14(10-12)24(23-28-16-5-2-1-4-13(16)22(31)29(17)23)15(11-26)21(27)32-19-7-3-6-18(30)20(19)24/h1-2,4-5,8-10H,3,6-7,27H2. The average Bonchev–Trinajstić information content (AvgIpc) is 3.04. The molecule has 0 saturated carbocycles. The van der Waals surface area contributed by atoms with Crippen molar-refractivity contribution < 1.29 is 9.53 Å². The molecule has 156 valence electrons. The van der Waals surface area contributed by atoms with Gasteiger partial charge in [0, 0.05) is 23.4 Å².